The summed E-state index contributed by atoms with van der Waals surface area (Å²) in [6.45, 7) is 0. The zero-order valence-corrected chi connectivity index (χ0v) is 18.9. The Balaban J connectivity index is 1.78. The predicted octanol–water partition coefficient (Wildman–Crippen LogP) is 7.03. The molecule has 0 saturated heterocycles. The van der Waals surface area contributed by atoms with Gasteiger partial charge in [0.15, 0.2) is 5.03 Å². The third-order valence-electron chi connectivity index (χ3n) is 5.46. The number of fused-ring (bicyclic) bond motifs is 1. The first-order valence-corrected chi connectivity index (χ1v) is 11.3. The number of hydrogen-bond donors (Lipinski definition) is 0. The van der Waals surface area contributed by atoms with Crippen LogP contribution in [0.15, 0.2) is 101 Å². The molecule has 0 aliphatic heterocycles. The van der Waals surface area contributed by atoms with Crippen LogP contribution in [-0.2, 0) is 0 Å². The zero-order valence-electron chi connectivity index (χ0n) is 18.1. The number of hydrogen-bond acceptors (Lipinski definition) is 6. The molecule has 0 atom stereocenters. The number of nitro groups is 1. The van der Waals surface area contributed by atoms with Crippen LogP contribution in [0.4, 0.5) is 10.1 Å². The summed E-state index contributed by atoms with van der Waals surface area (Å²) in [6.07, 6.45) is 1.46. The van der Waals surface area contributed by atoms with Gasteiger partial charge in [-0.05, 0) is 52.4 Å². The van der Waals surface area contributed by atoms with Gasteiger partial charge in [-0.3, -0.25) is 10.1 Å². The lowest BCUT2D eigenvalue weighted by Gasteiger charge is -2.14. The molecule has 5 rings (SSSR count). The monoisotopic (exact) mass is 478 g/mol. The second-order valence-corrected chi connectivity index (χ2v) is 8.54. The van der Waals surface area contributed by atoms with Gasteiger partial charge < -0.3 is 0 Å². The third kappa shape index (κ3) is 4.33. The quantitative estimate of drug-likeness (QED) is 0.199. The van der Waals surface area contributed by atoms with Crippen LogP contribution in [0.2, 0.25) is 0 Å². The number of aromatic nitrogens is 2. The van der Waals surface area contributed by atoms with Crippen LogP contribution in [0.1, 0.15) is 5.56 Å². The normalized spacial score (nSPS) is 10.7. The van der Waals surface area contributed by atoms with Gasteiger partial charge in [-0.1, -0.05) is 54.6 Å². The minimum Gasteiger partial charge on any atom is -0.258 e. The van der Waals surface area contributed by atoms with E-state index in [0.717, 1.165) is 28.1 Å². The lowest BCUT2D eigenvalue weighted by molar-refractivity contribution is -0.388. The van der Waals surface area contributed by atoms with Gasteiger partial charge in [0.05, 0.1) is 16.2 Å². The highest BCUT2D eigenvalue weighted by molar-refractivity contribution is 7.99. The van der Waals surface area contributed by atoms with Crippen LogP contribution in [0.3, 0.4) is 0 Å². The first-order valence-electron chi connectivity index (χ1n) is 10.5. The molecule has 0 bridgehead atoms. The van der Waals surface area contributed by atoms with Crippen molar-refractivity contribution < 1.29 is 9.31 Å². The van der Waals surface area contributed by atoms with Gasteiger partial charge in [0, 0.05) is 23.4 Å². The minimum absolute atomic E-state index is 0.127. The zero-order chi connectivity index (χ0) is 24.4. The van der Waals surface area contributed by atoms with Gasteiger partial charge in [0.2, 0.25) is 0 Å². The summed E-state index contributed by atoms with van der Waals surface area (Å²) in [5, 5.41) is 24.0. The van der Waals surface area contributed by atoms with E-state index in [1.165, 1.54) is 30.5 Å². The summed E-state index contributed by atoms with van der Waals surface area (Å²) in [6, 6.07) is 26.4. The number of nitrogens with zero attached hydrogens (tertiary/aromatic N) is 4. The number of pyridine rings is 2. The Morgan fingerprint density at radius 1 is 0.914 bits per heavy atom. The van der Waals surface area contributed by atoms with Crippen molar-refractivity contribution in [2.45, 2.75) is 10.1 Å². The molecule has 5 aromatic rings. The molecular formula is C27H15FN4O2S. The van der Waals surface area contributed by atoms with Crippen molar-refractivity contribution in [3.05, 3.63) is 113 Å². The average molecular weight is 479 g/mol. The van der Waals surface area contributed by atoms with Crippen molar-refractivity contribution in [3.63, 3.8) is 0 Å². The fourth-order valence-electron chi connectivity index (χ4n) is 3.84. The Morgan fingerprint density at radius 3 is 2.46 bits per heavy atom. The molecule has 168 valence electrons. The van der Waals surface area contributed by atoms with Crippen LogP contribution in [-0.4, -0.2) is 14.9 Å². The molecule has 2 aromatic heterocycles. The highest BCUT2D eigenvalue weighted by Crippen LogP contribution is 2.40. The van der Waals surface area contributed by atoms with Crippen molar-refractivity contribution in [1.82, 2.24) is 9.97 Å². The fraction of sp³-hybridized carbons (Fsp3) is 0. The first kappa shape index (κ1) is 22.2. The molecule has 0 amide bonds. The van der Waals surface area contributed by atoms with E-state index in [9.17, 15) is 19.8 Å². The maximum atomic E-state index is 13.6. The predicted molar refractivity (Wildman–Crippen MR) is 132 cm³/mol. The van der Waals surface area contributed by atoms with Gasteiger partial charge in [0.1, 0.15) is 16.9 Å². The molecular weight excluding hydrogens is 463 g/mol. The van der Waals surface area contributed by atoms with E-state index in [2.05, 4.69) is 11.1 Å². The van der Waals surface area contributed by atoms with Crippen LogP contribution < -0.4 is 0 Å². The van der Waals surface area contributed by atoms with Crippen LogP contribution in [0.25, 0.3) is 33.2 Å². The Labute approximate surface area is 203 Å². The molecule has 0 aliphatic rings. The molecule has 0 aliphatic carbocycles. The Kier molecular flexibility index (Phi) is 5.92. The van der Waals surface area contributed by atoms with Crippen molar-refractivity contribution in [1.29, 1.82) is 5.26 Å². The number of nitriles is 1. The second kappa shape index (κ2) is 9.33. The average Bonchev–Trinajstić information content (AvgIpc) is 2.88. The van der Waals surface area contributed by atoms with Crippen LogP contribution >= 0.6 is 11.8 Å². The van der Waals surface area contributed by atoms with Crippen molar-refractivity contribution in [2.75, 3.05) is 0 Å². The molecule has 0 unspecified atom stereocenters. The maximum absolute atomic E-state index is 13.6. The Hall–Kier alpha value is -4.61. The van der Waals surface area contributed by atoms with E-state index in [4.69, 9.17) is 4.98 Å². The molecule has 0 spiro atoms. The molecule has 3 aromatic carbocycles. The van der Waals surface area contributed by atoms with Gasteiger partial charge in [-0.15, -0.1) is 0 Å². The lowest BCUT2D eigenvalue weighted by Crippen LogP contribution is -1.98. The van der Waals surface area contributed by atoms with E-state index in [1.807, 2.05) is 42.5 Å². The molecule has 0 radical (unpaired) electrons. The van der Waals surface area contributed by atoms with Crippen molar-refractivity contribution in [2.24, 2.45) is 0 Å². The molecule has 2 heterocycles. The summed E-state index contributed by atoms with van der Waals surface area (Å²) < 4.78 is 13.6. The summed E-state index contributed by atoms with van der Waals surface area (Å²) in [4.78, 5) is 20.0. The summed E-state index contributed by atoms with van der Waals surface area (Å²) in [7, 11) is 0. The van der Waals surface area contributed by atoms with Gasteiger partial charge in [-0.2, -0.15) is 5.26 Å². The van der Waals surface area contributed by atoms with E-state index in [-0.39, 0.29) is 21.3 Å². The van der Waals surface area contributed by atoms with Crippen molar-refractivity contribution >= 4 is 28.2 Å². The number of rotatable bonds is 5. The van der Waals surface area contributed by atoms with E-state index in [0.29, 0.717) is 16.8 Å². The topological polar surface area (TPSA) is 92.7 Å². The second-order valence-electron chi connectivity index (χ2n) is 7.57. The first-order chi connectivity index (χ1) is 17.0. The molecule has 0 saturated carbocycles. The van der Waals surface area contributed by atoms with Gasteiger partial charge in [-0.25, -0.2) is 14.4 Å². The molecule has 0 N–H and O–H groups in total. The summed E-state index contributed by atoms with van der Waals surface area (Å²) >= 11 is 0.960. The highest BCUT2D eigenvalue weighted by atomic mass is 32.2. The number of halogens is 1. The van der Waals surface area contributed by atoms with E-state index < -0.39 is 10.7 Å². The summed E-state index contributed by atoms with van der Waals surface area (Å²) in [5.74, 6) is -0.394. The molecule has 6 nitrogen and oxygen atoms in total. The molecule has 35 heavy (non-hydrogen) atoms. The van der Waals surface area contributed by atoms with Crippen LogP contribution in [0, 0.1) is 27.3 Å². The minimum atomic E-state index is -0.517. The molecule has 8 heteroatoms. The third-order valence-corrected chi connectivity index (χ3v) is 6.46. The largest absolute Gasteiger partial charge is 0.301 e. The maximum Gasteiger partial charge on any atom is 0.301 e. The smallest absolute Gasteiger partial charge is 0.258 e. The van der Waals surface area contributed by atoms with Crippen LogP contribution in [0.5, 0.6) is 0 Å². The van der Waals surface area contributed by atoms with Crippen molar-refractivity contribution in [3.8, 4) is 28.5 Å². The number of benzene rings is 3. The van der Waals surface area contributed by atoms with Gasteiger partial charge in [0.25, 0.3) is 0 Å². The van der Waals surface area contributed by atoms with Gasteiger partial charge >= 0.3 is 5.69 Å². The SMILES string of the molecule is N#Cc1c(-c2ccc(F)cc2)cc(-c2cccc3ccccc23)nc1Sc1ncccc1[N+](=O)[O-]. The standard InChI is InChI=1S/C27H15FN4O2S/c28-19-12-10-18(11-13-19)22-15-24(21-8-3-6-17-5-1-2-7-20(17)21)31-26(23(22)16-29)35-27-25(32(33)34)9-4-14-30-27/h1-15H. The lowest BCUT2D eigenvalue weighted by atomic mass is 9.97. The fourth-order valence-corrected chi connectivity index (χ4v) is 4.78. The molecule has 0 fully saturated rings. The van der Waals surface area contributed by atoms with E-state index >= 15 is 0 Å². The Morgan fingerprint density at radius 2 is 1.69 bits per heavy atom. The summed E-state index contributed by atoms with van der Waals surface area (Å²) in [5.41, 5.74) is 2.65. The van der Waals surface area contributed by atoms with E-state index in [1.54, 1.807) is 18.2 Å². The Bertz CT molecular complexity index is 1630. The highest BCUT2D eigenvalue weighted by Gasteiger charge is 2.22.